The summed E-state index contributed by atoms with van der Waals surface area (Å²) in [6.07, 6.45) is 13.0. The number of thioether (sulfide) groups is 1. The highest BCUT2D eigenvalue weighted by molar-refractivity contribution is 8.00. The van der Waals surface area contributed by atoms with Gasteiger partial charge < -0.3 is 10.2 Å². The first-order chi connectivity index (χ1) is 14.0. The van der Waals surface area contributed by atoms with E-state index in [0.717, 1.165) is 24.0 Å². The number of hydrogen-bond acceptors (Lipinski definition) is 3. The van der Waals surface area contributed by atoms with Crippen molar-refractivity contribution in [2.24, 2.45) is 17.3 Å². The zero-order valence-corrected chi connectivity index (χ0v) is 20.5. The maximum atomic E-state index is 10.1. The molecule has 0 aromatic rings. The molecule has 2 saturated carbocycles. The van der Waals surface area contributed by atoms with Gasteiger partial charge in [0.05, 0.1) is 12.2 Å². The van der Waals surface area contributed by atoms with Gasteiger partial charge in [0.15, 0.2) is 0 Å². The monoisotopic (exact) mass is 430 g/mol. The van der Waals surface area contributed by atoms with Crippen molar-refractivity contribution in [2.45, 2.75) is 96.5 Å². The number of hydrogen-bond donors (Lipinski definition) is 2. The molecule has 3 aliphatic rings. The lowest BCUT2D eigenvalue weighted by Crippen LogP contribution is -2.32. The molecule has 30 heavy (non-hydrogen) atoms. The Morgan fingerprint density at radius 2 is 2.03 bits per heavy atom. The fourth-order valence-corrected chi connectivity index (χ4v) is 6.86. The Bertz CT molecular complexity index is 738. The number of fused-ring (bicyclic) bond motifs is 1. The molecule has 0 bridgehead atoms. The smallest absolute Gasteiger partial charge is 0.0811 e. The van der Waals surface area contributed by atoms with Crippen LogP contribution >= 0.6 is 11.8 Å². The fourth-order valence-electron chi connectivity index (χ4n) is 5.78. The van der Waals surface area contributed by atoms with Crippen LogP contribution in [0.5, 0.6) is 0 Å². The van der Waals surface area contributed by atoms with Gasteiger partial charge in [0.1, 0.15) is 0 Å². The van der Waals surface area contributed by atoms with Crippen molar-refractivity contribution in [3.63, 3.8) is 0 Å². The Kier molecular flexibility index (Phi) is 7.47. The summed E-state index contributed by atoms with van der Waals surface area (Å²) in [5.41, 5.74) is 5.32. The van der Waals surface area contributed by atoms with Crippen LogP contribution in [0.4, 0.5) is 0 Å². The van der Waals surface area contributed by atoms with E-state index in [1.54, 1.807) is 11.1 Å². The normalized spacial score (nSPS) is 36.2. The molecule has 3 aliphatic carbocycles. The van der Waals surface area contributed by atoms with E-state index in [1.807, 2.05) is 0 Å². The molecular formula is C27H42O2S. The van der Waals surface area contributed by atoms with E-state index in [4.69, 9.17) is 0 Å². The first kappa shape index (κ1) is 23.9. The van der Waals surface area contributed by atoms with E-state index in [9.17, 15) is 10.2 Å². The van der Waals surface area contributed by atoms with E-state index in [1.165, 1.54) is 25.0 Å². The third-order valence-corrected chi connectivity index (χ3v) is 8.80. The van der Waals surface area contributed by atoms with Crippen LogP contribution < -0.4 is 0 Å². The number of allylic oxidation sites excluding steroid dienone is 5. The highest BCUT2D eigenvalue weighted by atomic mass is 32.2. The molecule has 2 unspecified atom stereocenters. The largest absolute Gasteiger partial charge is 0.393 e. The van der Waals surface area contributed by atoms with Crippen LogP contribution in [0.1, 0.15) is 79.6 Å². The summed E-state index contributed by atoms with van der Waals surface area (Å²) >= 11 is 2.08. The van der Waals surface area contributed by atoms with Crippen molar-refractivity contribution < 1.29 is 10.2 Å². The van der Waals surface area contributed by atoms with Gasteiger partial charge in [0.2, 0.25) is 0 Å². The second-order valence-electron chi connectivity index (χ2n) is 10.9. The van der Waals surface area contributed by atoms with Crippen LogP contribution in [0.2, 0.25) is 0 Å². The molecule has 3 rings (SSSR count). The molecule has 5 atom stereocenters. The van der Waals surface area contributed by atoms with Crippen LogP contribution in [0.15, 0.2) is 47.1 Å². The van der Waals surface area contributed by atoms with Crippen LogP contribution in [0.3, 0.4) is 0 Å². The van der Waals surface area contributed by atoms with Gasteiger partial charge in [-0.15, -0.1) is 0 Å². The molecular weight excluding hydrogens is 388 g/mol. The van der Waals surface area contributed by atoms with Crippen molar-refractivity contribution >= 4 is 11.8 Å². The zero-order chi connectivity index (χ0) is 22.1. The van der Waals surface area contributed by atoms with Crippen molar-refractivity contribution in [2.75, 3.05) is 5.75 Å². The molecule has 0 heterocycles. The van der Waals surface area contributed by atoms with E-state index in [2.05, 4.69) is 71.2 Å². The first-order valence-electron chi connectivity index (χ1n) is 11.8. The van der Waals surface area contributed by atoms with E-state index < -0.39 is 12.2 Å². The summed E-state index contributed by atoms with van der Waals surface area (Å²) < 4.78 is 0.342. The van der Waals surface area contributed by atoms with Gasteiger partial charge in [-0.3, -0.25) is 0 Å². The lowest BCUT2D eigenvalue weighted by atomic mass is 9.62. The lowest BCUT2D eigenvalue weighted by molar-refractivity contribution is 0.0862. The van der Waals surface area contributed by atoms with Crippen molar-refractivity contribution in [3.05, 3.63) is 47.1 Å². The Balaban J connectivity index is 1.71. The third kappa shape index (κ3) is 5.34. The Morgan fingerprint density at radius 3 is 2.73 bits per heavy atom. The molecule has 3 heteroatoms. The van der Waals surface area contributed by atoms with Gasteiger partial charge in [-0.05, 0) is 72.7 Å². The van der Waals surface area contributed by atoms with E-state index in [0.29, 0.717) is 29.4 Å². The highest BCUT2D eigenvalue weighted by Crippen LogP contribution is 2.57. The molecule has 168 valence electrons. The average molecular weight is 431 g/mol. The Labute approximate surface area is 188 Å². The summed E-state index contributed by atoms with van der Waals surface area (Å²) in [4.78, 5) is 0. The van der Waals surface area contributed by atoms with Crippen molar-refractivity contribution in [1.82, 2.24) is 0 Å². The summed E-state index contributed by atoms with van der Waals surface area (Å²) in [7, 11) is 0. The minimum absolute atomic E-state index is 0.289. The minimum atomic E-state index is -0.610. The molecule has 0 aliphatic heterocycles. The molecule has 0 saturated heterocycles. The van der Waals surface area contributed by atoms with E-state index in [-0.39, 0.29) is 5.41 Å². The molecule has 2 nitrogen and oxygen atoms in total. The molecule has 0 aromatic heterocycles. The third-order valence-electron chi connectivity index (χ3n) is 7.49. The Hall–Kier alpha value is -0.770. The van der Waals surface area contributed by atoms with Crippen LogP contribution in [0.25, 0.3) is 0 Å². The summed E-state index contributed by atoms with van der Waals surface area (Å²) in [5.74, 6) is 2.48. The van der Waals surface area contributed by atoms with Crippen molar-refractivity contribution in [3.8, 4) is 0 Å². The molecule has 2 N–H and O–H groups in total. The summed E-state index contributed by atoms with van der Waals surface area (Å²) in [5, 5.41) is 20.2. The molecule has 0 spiro atoms. The average Bonchev–Trinajstić information content (AvgIpc) is 3.00. The predicted octanol–water partition coefficient (Wildman–Crippen LogP) is 6.61. The molecule has 0 aromatic carbocycles. The van der Waals surface area contributed by atoms with Crippen LogP contribution in [0, 0.1) is 17.3 Å². The Morgan fingerprint density at radius 1 is 1.30 bits per heavy atom. The van der Waals surface area contributed by atoms with Crippen LogP contribution in [-0.4, -0.2) is 32.9 Å². The molecule has 0 amide bonds. The van der Waals surface area contributed by atoms with Gasteiger partial charge in [-0.2, -0.15) is 11.8 Å². The lowest BCUT2D eigenvalue weighted by Gasteiger charge is -2.42. The number of aliphatic hydroxyl groups is 2. The van der Waals surface area contributed by atoms with Crippen molar-refractivity contribution in [1.29, 1.82) is 0 Å². The standard InChI is InChI=1S/C27H42O2S/c1-18(13-15-30-26(3,4)5)23-11-12-24-20(8-7-14-27(23,24)6)9-10-21-16-22(28)17-25(29)19(21)2/h9-11,18,22,24-25,28-29H,2,7-8,12-17H2,1,3-6H3/b20-9+,21-10-/t18-,22?,24+,25?,27-/m1/s1. The predicted molar refractivity (Wildman–Crippen MR) is 131 cm³/mol. The highest BCUT2D eigenvalue weighted by Gasteiger charge is 2.45. The SMILES string of the molecule is C=C1/C(=C\C=C2/CCC[C@]3(C)C([C@H](C)CCSC(C)(C)C)=CC[C@@H]23)CC(O)CC1O. The van der Waals surface area contributed by atoms with Gasteiger partial charge in [0, 0.05) is 11.2 Å². The maximum Gasteiger partial charge on any atom is 0.0811 e. The van der Waals surface area contributed by atoms with E-state index >= 15 is 0 Å². The maximum absolute atomic E-state index is 10.1. The first-order valence-corrected chi connectivity index (χ1v) is 12.8. The summed E-state index contributed by atoms with van der Waals surface area (Å²) in [6.45, 7) is 15.9. The fraction of sp³-hybridized carbons (Fsp3) is 0.704. The second-order valence-corrected chi connectivity index (χ2v) is 12.9. The quantitative estimate of drug-likeness (QED) is 0.482. The minimum Gasteiger partial charge on any atom is -0.393 e. The topological polar surface area (TPSA) is 40.5 Å². The van der Waals surface area contributed by atoms with Gasteiger partial charge >= 0.3 is 0 Å². The van der Waals surface area contributed by atoms with Gasteiger partial charge in [-0.1, -0.05) is 70.6 Å². The van der Waals surface area contributed by atoms with Gasteiger partial charge in [-0.25, -0.2) is 0 Å². The van der Waals surface area contributed by atoms with Crippen LogP contribution in [-0.2, 0) is 0 Å². The number of rotatable bonds is 5. The molecule has 2 fully saturated rings. The second kappa shape index (κ2) is 9.38. The summed E-state index contributed by atoms with van der Waals surface area (Å²) in [6, 6.07) is 0. The number of aliphatic hydroxyl groups excluding tert-OH is 2. The molecule has 0 radical (unpaired) electrons. The van der Waals surface area contributed by atoms with Gasteiger partial charge in [0.25, 0.3) is 0 Å². The zero-order valence-electron chi connectivity index (χ0n) is 19.7.